The van der Waals surface area contributed by atoms with Crippen molar-refractivity contribution in [2.45, 2.75) is 45.6 Å². The molecule has 1 aliphatic rings. The van der Waals surface area contributed by atoms with Crippen LogP contribution in [-0.2, 0) is 4.79 Å². The van der Waals surface area contributed by atoms with Crippen LogP contribution in [0.15, 0.2) is 0 Å². The third kappa shape index (κ3) is 3.47. The molecule has 15 heavy (non-hydrogen) atoms. The first-order chi connectivity index (χ1) is 7.19. The fraction of sp³-hybridized carbons (Fsp3) is 0.909. The number of nitrogens with two attached hydrogens (primary N) is 1. The van der Waals surface area contributed by atoms with Crippen LogP contribution in [0.25, 0.3) is 0 Å². The lowest BCUT2D eigenvalue weighted by Crippen LogP contribution is -2.43. The summed E-state index contributed by atoms with van der Waals surface area (Å²) in [6.45, 7) is 5.93. The number of carbonyl (C=O) groups is 1. The highest BCUT2D eigenvalue weighted by Gasteiger charge is 2.24. The smallest absolute Gasteiger partial charge is 0.237 e. The monoisotopic (exact) mass is 213 g/mol. The van der Waals surface area contributed by atoms with E-state index < -0.39 is 0 Å². The first kappa shape index (κ1) is 12.5. The number of nitrogens with zero attached hydrogens (tertiary/aromatic N) is 1. The number of carbonyl (C=O) groups excluding carboxylic acids is 1. The molecule has 1 atom stereocenters. The second-order valence-corrected chi connectivity index (χ2v) is 4.44. The van der Waals surface area contributed by atoms with Crippen molar-refractivity contribution in [1.29, 1.82) is 0 Å². The maximum absolute atomic E-state index is 11.3. The van der Waals surface area contributed by atoms with Gasteiger partial charge in [0.05, 0.1) is 0 Å². The Hall–Kier alpha value is -0.610. The van der Waals surface area contributed by atoms with Crippen molar-refractivity contribution in [2.75, 3.05) is 13.1 Å². The number of hydrogen-bond acceptors (Lipinski definition) is 3. The molecule has 0 saturated heterocycles. The van der Waals surface area contributed by atoms with E-state index in [9.17, 15) is 4.79 Å². The highest BCUT2D eigenvalue weighted by atomic mass is 16.2. The molecular weight excluding hydrogens is 190 g/mol. The first-order valence-electron chi connectivity index (χ1n) is 5.93. The normalized spacial score (nSPS) is 19.5. The van der Waals surface area contributed by atoms with E-state index in [1.54, 1.807) is 0 Å². The molecule has 0 bridgehead atoms. The van der Waals surface area contributed by atoms with Crippen molar-refractivity contribution in [3.8, 4) is 0 Å². The topological polar surface area (TPSA) is 58.4 Å². The van der Waals surface area contributed by atoms with E-state index in [4.69, 9.17) is 5.84 Å². The van der Waals surface area contributed by atoms with Gasteiger partial charge in [0.1, 0.15) is 0 Å². The highest BCUT2D eigenvalue weighted by Crippen LogP contribution is 2.23. The van der Waals surface area contributed by atoms with Gasteiger partial charge in [-0.15, -0.1) is 0 Å². The summed E-state index contributed by atoms with van der Waals surface area (Å²) >= 11 is 0. The number of rotatable bonds is 5. The van der Waals surface area contributed by atoms with Crippen LogP contribution in [0.4, 0.5) is 0 Å². The molecule has 0 aromatic rings. The van der Waals surface area contributed by atoms with Gasteiger partial charge in [-0.2, -0.15) is 0 Å². The minimum Gasteiger partial charge on any atom is -0.300 e. The lowest BCUT2D eigenvalue weighted by atomic mass is 10.1. The van der Waals surface area contributed by atoms with Gasteiger partial charge in [0.15, 0.2) is 0 Å². The van der Waals surface area contributed by atoms with Gasteiger partial charge in [-0.1, -0.05) is 26.7 Å². The van der Waals surface area contributed by atoms with E-state index in [1.807, 2.05) is 6.92 Å². The zero-order chi connectivity index (χ0) is 11.3. The average molecular weight is 213 g/mol. The standard InChI is InChI=1S/C11H23N3O/c1-3-14(10-6-4-5-7-10)8-9(2)11(15)13-12/h9-10H,3-8,12H2,1-2H3,(H,13,15). The molecule has 4 nitrogen and oxygen atoms in total. The fourth-order valence-corrected chi connectivity index (χ4v) is 2.38. The summed E-state index contributed by atoms with van der Waals surface area (Å²) in [5.41, 5.74) is 2.22. The first-order valence-corrected chi connectivity index (χ1v) is 5.93. The van der Waals surface area contributed by atoms with E-state index in [2.05, 4.69) is 17.2 Å². The summed E-state index contributed by atoms with van der Waals surface area (Å²) in [5, 5.41) is 0. The third-order valence-electron chi connectivity index (χ3n) is 3.35. The third-order valence-corrected chi connectivity index (χ3v) is 3.35. The Bertz CT molecular complexity index is 202. The van der Waals surface area contributed by atoms with E-state index in [-0.39, 0.29) is 11.8 Å². The van der Waals surface area contributed by atoms with E-state index in [0.29, 0.717) is 6.04 Å². The quantitative estimate of drug-likeness (QED) is 0.405. The molecule has 1 amide bonds. The average Bonchev–Trinajstić information content (AvgIpc) is 2.77. The van der Waals surface area contributed by atoms with Gasteiger partial charge in [-0.05, 0) is 19.4 Å². The van der Waals surface area contributed by atoms with Crippen LogP contribution in [0.3, 0.4) is 0 Å². The minimum absolute atomic E-state index is 0.0180. The summed E-state index contributed by atoms with van der Waals surface area (Å²) in [5.74, 6) is 5.04. The Kier molecular flexibility index (Phi) is 5.05. The summed E-state index contributed by atoms with van der Waals surface area (Å²) in [6.07, 6.45) is 5.23. The van der Waals surface area contributed by atoms with E-state index >= 15 is 0 Å². The van der Waals surface area contributed by atoms with Gasteiger partial charge in [-0.3, -0.25) is 15.1 Å². The highest BCUT2D eigenvalue weighted by molar-refractivity contribution is 5.77. The maximum Gasteiger partial charge on any atom is 0.237 e. The second kappa shape index (κ2) is 6.08. The number of hydrogen-bond donors (Lipinski definition) is 2. The minimum atomic E-state index is -0.0635. The Labute approximate surface area is 92.2 Å². The van der Waals surface area contributed by atoms with E-state index in [1.165, 1.54) is 25.7 Å². The van der Waals surface area contributed by atoms with Crippen molar-refractivity contribution in [3.63, 3.8) is 0 Å². The Morgan fingerprint density at radius 3 is 2.60 bits per heavy atom. The van der Waals surface area contributed by atoms with Gasteiger partial charge in [0.25, 0.3) is 0 Å². The summed E-state index contributed by atoms with van der Waals surface area (Å²) in [7, 11) is 0. The Morgan fingerprint density at radius 1 is 1.53 bits per heavy atom. The number of amides is 1. The van der Waals surface area contributed by atoms with Crippen LogP contribution in [0.2, 0.25) is 0 Å². The second-order valence-electron chi connectivity index (χ2n) is 4.44. The molecule has 0 aromatic heterocycles. The van der Waals surface area contributed by atoms with Crippen LogP contribution < -0.4 is 11.3 Å². The predicted molar refractivity (Wildman–Crippen MR) is 61.0 cm³/mol. The summed E-state index contributed by atoms with van der Waals surface area (Å²) in [6, 6.07) is 0.683. The molecule has 0 radical (unpaired) electrons. The van der Waals surface area contributed by atoms with Gasteiger partial charge in [0.2, 0.25) is 5.91 Å². The van der Waals surface area contributed by atoms with Crippen LogP contribution in [-0.4, -0.2) is 29.9 Å². The maximum atomic E-state index is 11.3. The lowest BCUT2D eigenvalue weighted by molar-refractivity contribution is -0.125. The van der Waals surface area contributed by atoms with Crippen molar-refractivity contribution in [3.05, 3.63) is 0 Å². The van der Waals surface area contributed by atoms with Gasteiger partial charge < -0.3 is 0 Å². The zero-order valence-corrected chi connectivity index (χ0v) is 9.83. The summed E-state index contributed by atoms with van der Waals surface area (Å²) < 4.78 is 0. The van der Waals surface area contributed by atoms with Gasteiger partial charge >= 0.3 is 0 Å². The molecule has 0 heterocycles. The molecule has 1 rings (SSSR count). The van der Waals surface area contributed by atoms with Crippen LogP contribution in [0.1, 0.15) is 39.5 Å². The van der Waals surface area contributed by atoms with Crippen molar-refractivity contribution in [1.82, 2.24) is 10.3 Å². The Balaban J connectivity index is 2.41. The van der Waals surface area contributed by atoms with Crippen molar-refractivity contribution in [2.24, 2.45) is 11.8 Å². The van der Waals surface area contributed by atoms with Gasteiger partial charge in [-0.25, -0.2) is 5.84 Å². The lowest BCUT2D eigenvalue weighted by Gasteiger charge is -2.29. The van der Waals surface area contributed by atoms with Crippen molar-refractivity contribution < 1.29 is 4.79 Å². The molecule has 1 aliphatic carbocycles. The van der Waals surface area contributed by atoms with Crippen LogP contribution in [0, 0.1) is 5.92 Å². The number of nitrogens with one attached hydrogen (secondary N) is 1. The Morgan fingerprint density at radius 2 is 2.13 bits per heavy atom. The molecule has 1 fully saturated rings. The van der Waals surface area contributed by atoms with Gasteiger partial charge in [0, 0.05) is 18.5 Å². The van der Waals surface area contributed by atoms with Crippen LogP contribution in [0.5, 0.6) is 0 Å². The molecular formula is C11H23N3O. The zero-order valence-electron chi connectivity index (χ0n) is 9.83. The molecule has 88 valence electrons. The molecule has 0 spiro atoms. The fourth-order valence-electron chi connectivity index (χ4n) is 2.38. The van der Waals surface area contributed by atoms with Crippen molar-refractivity contribution >= 4 is 5.91 Å². The van der Waals surface area contributed by atoms with E-state index in [0.717, 1.165) is 13.1 Å². The number of hydrazine groups is 1. The largest absolute Gasteiger partial charge is 0.300 e. The molecule has 4 heteroatoms. The summed E-state index contributed by atoms with van der Waals surface area (Å²) in [4.78, 5) is 13.7. The molecule has 0 aliphatic heterocycles. The molecule has 0 aromatic carbocycles. The molecule has 3 N–H and O–H groups in total. The predicted octanol–water partition coefficient (Wildman–Crippen LogP) is 0.877. The SMILES string of the molecule is CCN(CC(C)C(=O)NN)C1CCCC1. The van der Waals surface area contributed by atoms with Crippen LogP contribution >= 0.6 is 0 Å². The molecule has 1 saturated carbocycles. The molecule has 1 unspecified atom stereocenters.